The molecule has 4 heterocycles. The molecule has 1 fully saturated rings. The first-order valence-corrected chi connectivity index (χ1v) is 18.6. The first-order chi connectivity index (χ1) is 24.3. The van der Waals surface area contributed by atoms with E-state index in [-0.39, 0.29) is 42.9 Å². The number of nitrogens with zero attached hydrogens (tertiary/aromatic N) is 6. The highest BCUT2D eigenvalue weighted by Gasteiger charge is 2.39. The molecule has 0 unspecified atom stereocenters. The second-order valence-electron chi connectivity index (χ2n) is 11.4. The van der Waals surface area contributed by atoms with Gasteiger partial charge < -0.3 is 10.1 Å². The van der Waals surface area contributed by atoms with Gasteiger partial charge in [-0.3, -0.25) is 24.5 Å². The van der Waals surface area contributed by atoms with Gasteiger partial charge in [-0.1, -0.05) is 48.0 Å². The van der Waals surface area contributed by atoms with Crippen LogP contribution in [0.3, 0.4) is 0 Å². The van der Waals surface area contributed by atoms with E-state index in [1.165, 1.54) is 40.8 Å². The third kappa shape index (κ3) is 6.73. The van der Waals surface area contributed by atoms with Crippen LogP contribution in [0.1, 0.15) is 25.7 Å². The predicted molar refractivity (Wildman–Crippen MR) is 188 cm³/mol. The van der Waals surface area contributed by atoms with Crippen molar-refractivity contribution in [1.82, 2.24) is 18.9 Å². The number of anilines is 1. The number of H-pyrrole nitrogens is 1. The van der Waals surface area contributed by atoms with Crippen LogP contribution < -0.4 is 4.31 Å². The van der Waals surface area contributed by atoms with Gasteiger partial charge in [-0.25, -0.2) is 30.8 Å². The van der Waals surface area contributed by atoms with E-state index in [0.29, 0.717) is 36.7 Å². The number of pyridine rings is 2. The number of hydrogen-bond acceptors (Lipinski definition) is 11. The van der Waals surface area contributed by atoms with E-state index in [9.17, 15) is 42.2 Å². The number of fused-ring (bicyclic) bond motifs is 2. The summed E-state index contributed by atoms with van der Waals surface area (Å²) in [4.78, 5) is 32.3. The SMILES string of the molecule is O=[N+]([O-])c1cnc2[nH]ccc2c1N(C1CCC(O)CC1)S(=O)(=O)c1ccccc1.O=[N+]([O-])c1cnc2c(ccn2S(=O)(=O)c2ccccc2)c1Cl. The lowest BCUT2D eigenvalue weighted by Crippen LogP contribution is -2.43. The molecule has 0 saturated heterocycles. The number of hydrogen-bond donors (Lipinski definition) is 2. The summed E-state index contributed by atoms with van der Waals surface area (Å²) in [5.41, 5.74) is -0.326. The molecule has 0 amide bonds. The lowest BCUT2D eigenvalue weighted by atomic mass is 9.93. The Balaban J connectivity index is 0.000000183. The fraction of sp³-hybridized carbons (Fsp3) is 0.188. The van der Waals surface area contributed by atoms with E-state index < -0.39 is 42.0 Å². The number of nitro groups is 2. The van der Waals surface area contributed by atoms with Crippen molar-refractivity contribution >= 4 is 70.8 Å². The van der Waals surface area contributed by atoms with Crippen molar-refractivity contribution in [2.24, 2.45) is 0 Å². The van der Waals surface area contributed by atoms with Crippen LogP contribution in [0.2, 0.25) is 5.02 Å². The first kappa shape index (κ1) is 35.4. The molecule has 0 atom stereocenters. The Labute approximate surface area is 295 Å². The molecule has 0 radical (unpaired) electrons. The molecule has 1 aliphatic carbocycles. The molecule has 51 heavy (non-hydrogen) atoms. The van der Waals surface area contributed by atoms with Crippen molar-refractivity contribution in [2.75, 3.05) is 4.31 Å². The quantitative estimate of drug-likeness (QED) is 0.139. The number of sulfonamides is 1. The highest BCUT2D eigenvalue weighted by Crippen LogP contribution is 2.42. The van der Waals surface area contributed by atoms with Gasteiger partial charge in [0.2, 0.25) is 0 Å². The lowest BCUT2D eigenvalue weighted by Gasteiger charge is -2.36. The second-order valence-corrected chi connectivity index (χ2v) is 15.5. The van der Waals surface area contributed by atoms with Gasteiger partial charge in [-0.05, 0) is 62.1 Å². The molecule has 7 rings (SSSR count). The van der Waals surface area contributed by atoms with E-state index in [0.717, 1.165) is 16.4 Å². The number of aliphatic hydroxyl groups is 1. The maximum Gasteiger partial charge on any atom is 0.312 e. The third-order valence-electron chi connectivity index (χ3n) is 8.35. The number of aliphatic hydroxyl groups excluding tert-OH is 1. The fourth-order valence-corrected chi connectivity index (χ4v) is 9.25. The van der Waals surface area contributed by atoms with Crippen molar-refractivity contribution in [2.45, 2.75) is 47.6 Å². The summed E-state index contributed by atoms with van der Waals surface area (Å²) in [6, 6.07) is 18.2. The summed E-state index contributed by atoms with van der Waals surface area (Å²) < 4.78 is 54.6. The minimum atomic E-state index is -4.09. The highest BCUT2D eigenvalue weighted by molar-refractivity contribution is 7.93. The number of aromatic amines is 1. The Morgan fingerprint density at radius 3 is 2.00 bits per heavy atom. The molecule has 0 bridgehead atoms. The van der Waals surface area contributed by atoms with Crippen LogP contribution in [0.5, 0.6) is 0 Å². The van der Waals surface area contributed by atoms with Crippen LogP contribution >= 0.6 is 11.6 Å². The Morgan fingerprint density at radius 2 is 1.39 bits per heavy atom. The minimum Gasteiger partial charge on any atom is -0.393 e. The molecular weight excluding hydrogens is 726 g/mol. The molecule has 2 aromatic carbocycles. The zero-order valence-electron chi connectivity index (χ0n) is 26.3. The maximum absolute atomic E-state index is 13.7. The molecule has 0 aliphatic heterocycles. The minimum absolute atomic E-state index is 0.00601. The molecule has 2 N–H and O–H groups in total. The standard InChI is InChI=1S/C19H20N4O5S.C13H8ClN3O4S/c24-14-8-6-13(7-9-14)22(29(27,28)15-4-2-1-3-5-15)18-16-10-11-20-19(16)21-12-17(18)23(25)26;14-12-10-6-7-16(13(10)15-8-11(12)17(18)19)22(20,21)9-4-2-1-3-5-9/h1-5,10-14,24H,6-9H2,(H,20,21);1-8H. The Morgan fingerprint density at radius 1 is 0.804 bits per heavy atom. The van der Waals surface area contributed by atoms with Crippen LogP contribution in [0, 0.1) is 20.2 Å². The zero-order chi connectivity index (χ0) is 36.5. The van der Waals surface area contributed by atoms with Crippen LogP contribution in [-0.2, 0) is 20.0 Å². The summed E-state index contributed by atoms with van der Waals surface area (Å²) in [5, 5.41) is 32.9. The van der Waals surface area contributed by atoms with Crippen molar-refractivity contribution in [3.63, 3.8) is 0 Å². The van der Waals surface area contributed by atoms with E-state index in [1.807, 2.05) is 0 Å². The van der Waals surface area contributed by atoms with Crippen molar-refractivity contribution in [3.8, 4) is 0 Å². The van der Waals surface area contributed by atoms with E-state index in [1.54, 1.807) is 48.7 Å². The summed E-state index contributed by atoms with van der Waals surface area (Å²) in [7, 11) is -7.94. The Bertz CT molecular complexity index is 2470. The largest absolute Gasteiger partial charge is 0.393 e. The predicted octanol–water partition coefficient (Wildman–Crippen LogP) is 5.80. The van der Waals surface area contributed by atoms with E-state index >= 15 is 0 Å². The van der Waals surface area contributed by atoms with Gasteiger partial charge in [-0.15, -0.1) is 0 Å². The summed E-state index contributed by atoms with van der Waals surface area (Å²) in [6.45, 7) is 0. The first-order valence-electron chi connectivity index (χ1n) is 15.3. The lowest BCUT2D eigenvalue weighted by molar-refractivity contribution is -0.384. The zero-order valence-corrected chi connectivity index (χ0v) is 28.7. The second kappa shape index (κ2) is 14.1. The number of nitrogens with one attached hydrogen (secondary N) is 1. The van der Waals surface area contributed by atoms with E-state index in [2.05, 4.69) is 15.0 Å². The number of benzene rings is 2. The topological polar surface area (TPSA) is 225 Å². The molecular formula is C32H28ClN7O9S2. The number of aromatic nitrogens is 4. The highest BCUT2D eigenvalue weighted by atomic mass is 35.5. The van der Waals surface area contributed by atoms with Crippen LogP contribution in [0.15, 0.2) is 107 Å². The maximum atomic E-state index is 13.7. The van der Waals surface area contributed by atoms with Crippen LogP contribution in [-0.4, -0.2) is 62.9 Å². The van der Waals surface area contributed by atoms with Crippen molar-refractivity contribution < 1.29 is 31.8 Å². The molecule has 1 saturated carbocycles. The van der Waals surface area contributed by atoms with Crippen molar-refractivity contribution in [3.05, 3.63) is 123 Å². The Kier molecular flexibility index (Phi) is 9.76. The molecule has 16 nitrogen and oxygen atoms in total. The van der Waals surface area contributed by atoms with Crippen LogP contribution in [0.25, 0.3) is 22.1 Å². The normalized spacial score (nSPS) is 16.4. The fourth-order valence-electron chi connectivity index (χ4n) is 5.89. The summed E-state index contributed by atoms with van der Waals surface area (Å²) in [6.07, 6.45) is 6.05. The molecule has 19 heteroatoms. The third-order valence-corrected chi connectivity index (χ3v) is 12.3. The van der Waals surface area contributed by atoms with Gasteiger partial charge >= 0.3 is 11.4 Å². The van der Waals surface area contributed by atoms with Gasteiger partial charge in [0, 0.05) is 23.8 Å². The van der Waals surface area contributed by atoms with Crippen molar-refractivity contribution in [1.29, 1.82) is 0 Å². The molecule has 264 valence electrons. The smallest absolute Gasteiger partial charge is 0.312 e. The average Bonchev–Trinajstić information content (AvgIpc) is 3.79. The van der Waals surface area contributed by atoms with Gasteiger partial charge in [-0.2, -0.15) is 0 Å². The number of halogens is 1. The molecule has 0 spiro atoms. The summed E-state index contributed by atoms with van der Waals surface area (Å²) >= 11 is 5.96. The summed E-state index contributed by atoms with van der Waals surface area (Å²) in [5.74, 6) is 0. The van der Waals surface area contributed by atoms with Crippen LogP contribution in [0.4, 0.5) is 17.1 Å². The monoisotopic (exact) mass is 753 g/mol. The Hall–Kier alpha value is -5.43. The number of rotatable bonds is 8. The van der Waals surface area contributed by atoms with Gasteiger partial charge in [0.15, 0.2) is 5.65 Å². The van der Waals surface area contributed by atoms with Gasteiger partial charge in [0.05, 0.1) is 31.1 Å². The van der Waals surface area contributed by atoms with Gasteiger partial charge in [0.1, 0.15) is 28.8 Å². The van der Waals surface area contributed by atoms with Gasteiger partial charge in [0.25, 0.3) is 20.0 Å². The molecule has 6 aromatic rings. The molecule has 4 aromatic heterocycles. The van der Waals surface area contributed by atoms with E-state index in [4.69, 9.17) is 11.6 Å². The average molecular weight is 754 g/mol. The molecule has 1 aliphatic rings.